The van der Waals surface area contributed by atoms with Crippen molar-refractivity contribution >= 4 is 29.1 Å². The van der Waals surface area contributed by atoms with E-state index in [1.165, 1.54) is 0 Å². The van der Waals surface area contributed by atoms with Crippen molar-refractivity contribution in [3.8, 4) is 5.75 Å². The van der Waals surface area contributed by atoms with Gasteiger partial charge < -0.3 is 24.8 Å². The second-order valence-electron chi connectivity index (χ2n) is 10.4. The number of piperidine rings is 1. The minimum absolute atomic E-state index is 0.0598. The molecule has 5 rings (SSSR count). The van der Waals surface area contributed by atoms with Crippen LogP contribution in [-0.4, -0.2) is 66.5 Å². The Hall–Kier alpha value is -4.33. The molecule has 8 heteroatoms. The van der Waals surface area contributed by atoms with Crippen LogP contribution in [0.2, 0.25) is 0 Å². The fraction of sp³-hybridized carbons (Fsp3) is 0.344. The number of hydrogen-bond acceptors (Lipinski definition) is 5. The number of carbonyl (C=O) groups is 3. The van der Waals surface area contributed by atoms with Gasteiger partial charge in [-0.05, 0) is 49.1 Å². The molecule has 2 heterocycles. The first-order valence-electron chi connectivity index (χ1n) is 13.8. The van der Waals surface area contributed by atoms with Crippen LogP contribution in [0.4, 0.5) is 11.4 Å². The summed E-state index contributed by atoms with van der Waals surface area (Å²) < 4.78 is 5.25. The molecule has 0 aromatic heterocycles. The first-order valence-corrected chi connectivity index (χ1v) is 13.8. The maximum atomic E-state index is 14.0. The summed E-state index contributed by atoms with van der Waals surface area (Å²) in [4.78, 5) is 46.2. The lowest BCUT2D eigenvalue weighted by molar-refractivity contribution is -0.140. The number of likely N-dealkylation sites (tertiary alicyclic amines) is 1. The third-order valence-corrected chi connectivity index (χ3v) is 8.08. The van der Waals surface area contributed by atoms with Crippen molar-refractivity contribution in [3.63, 3.8) is 0 Å². The molecule has 3 amide bonds. The predicted molar refractivity (Wildman–Crippen MR) is 155 cm³/mol. The molecule has 2 saturated heterocycles. The highest BCUT2D eigenvalue weighted by Crippen LogP contribution is 2.40. The molecule has 208 valence electrons. The fourth-order valence-corrected chi connectivity index (χ4v) is 5.95. The van der Waals surface area contributed by atoms with Gasteiger partial charge in [-0.25, -0.2) is 0 Å². The van der Waals surface area contributed by atoms with Gasteiger partial charge in [0.1, 0.15) is 17.8 Å². The number of rotatable bonds is 8. The van der Waals surface area contributed by atoms with Gasteiger partial charge in [-0.3, -0.25) is 14.4 Å². The van der Waals surface area contributed by atoms with Crippen LogP contribution in [0.25, 0.3) is 0 Å². The van der Waals surface area contributed by atoms with Gasteiger partial charge >= 0.3 is 0 Å². The zero-order valence-electron chi connectivity index (χ0n) is 23.1. The van der Waals surface area contributed by atoms with E-state index in [0.717, 1.165) is 17.7 Å². The maximum absolute atomic E-state index is 14.0. The summed E-state index contributed by atoms with van der Waals surface area (Å²) >= 11 is 0. The van der Waals surface area contributed by atoms with Crippen molar-refractivity contribution in [1.82, 2.24) is 9.80 Å². The first kappa shape index (κ1) is 27.2. The molecule has 3 aromatic carbocycles. The third kappa shape index (κ3) is 5.39. The fourth-order valence-electron chi connectivity index (χ4n) is 5.95. The minimum atomic E-state index is -0.803. The van der Waals surface area contributed by atoms with Gasteiger partial charge in [-0.2, -0.15) is 0 Å². The van der Waals surface area contributed by atoms with Gasteiger partial charge in [0.15, 0.2) is 0 Å². The van der Waals surface area contributed by atoms with Gasteiger partial charge in [0.05, 0.1) is 19.7 Å². The number of anilines is 2. The highest BCUT2D eigenvalue weighted by molar-refractivity contribution is 5.99. The smallest absolute Gasteiger partial charge is 0.250 e. The van der Waals surface area contributed by atoms with E-state index < -0.39 is 5.54 Å². The average molecular weight is 541 g/mol. The van der Waals surface area contributed by atoms with E-state index in [1.54, 1.807) is 36.3 Å². The van der Waals surface area contributed by atoms with Crippen LogP contribution in [0.5, 0.6) is 5.75 Å². The molecule has 0 radical (unpaired) electrons. The number of nitrogens with zero attached hydrogens (tertiary/aromatic N) is 3. The van der Waals surface area contributed by atoms with Crippen LogP contribution in [-0.2, 0) is 14.4 Å². The summed E-state index contributed by atoms with van der Waals surface area (Å²) in [5.41, 5.74) is 1.76. The van der Waals surface area contributed by atoms with Crippen LogP contribution >= 0.6 is 0 Å². The summed E-state index contributed by atoms with van der Waals surface area (Å²) in [6, 6.07) is 26.9. The lowest BCUT2D eigenvalue weighted by Gasteiger charge is -2.44. The summed E-state index contributed by atoms with van der Waals surface area (Å²) in [6.45, 7) is 3.26. The van der Waals surface area contributed by atoms with E-state index in [2.05, 4.69) is 10.2 Å². The Morgan fingerprint density at radius 1 is 0.950 bits per heavy atom. The monoisotopic (exact) mass is 540 g/mol. The zero-order chi connectivity index (χ0) is 28.1. The van der Waals surface area contributed by atoms with Gasteiger partial charge in [-0.15, -0.1) is 0 Å². The van der Waals surface area contributed by atoms with E-state index in [0.29, 0.717) is 44.0 Å². The molecule has 0 aliphatic carbocycles. The molecule has 0 saturated carbocycles. The Balaban J connectivity index is 1.32. The number of methoxy groups -OCH3 is 1. The molecule has 0 bridgehead atoms. The van der Waals surface area contributed by atoms with E-state index in [4.69, 9.17) is 4.74 Å². The summed E-state index contributed by atoms with van der Waals surface area (Å²) in [6.07, 6.45) is 1.73. The molecular formula is C32H36N4O4. The van der Waals surface area contributed by atoms with Crippen LogP contribution in [0, 0.1) is 0 Å². The molecule has 1 atom stereocenters. The third-order valence-electron chi connectivity index (χ3n) is 8.08. The van der Waals surface area contributed by atoms with Crippen LogP contribution < -0.4 is 15.0 Å². The van der Waals surface area contributed by atoms with Crippen molar-refractivity contribution in [1.29, 1.82) is 0 Å². The van der Waals surface area contributed by atoms with E-state index in [1.807, 2.05) is 72.5 Å². The Labute approximate surface area is 235 Å². The van der Waals surface area contributed by atoms with Crippen molar-refractivity contribution < 1.29 is 19.1 Å². The number of para-hydroxylation sites is 1. The molecule has 1 spiro atoms. The number of nitrogens with one attached hydrogen (secondary N) is 1. The normalized spacial score (nSPS) is 17.1. The lowest BCUT2D eigenvalue weighted by Crippen LogP contribution is -2.57. The average Bonchev–Trinajstić information content (AvgIpc) is 3.25. The maximum Gasteiger partial charge on any atom is 0.250 e. The highest BCUT2D eigenvalue weighted by atomic mass is 16.5. The predicted octanol–water partition coefficient (Wildman–Crippen LogP) is 4.50. The molecule has 40 heavy (non-hydrogen) atoms. The first-order chi connectivity index (χ1) is 19.4. The molecule has 1 unspecified atom stereocenters. The van der Waals surface area contributed by atoms with Crippen molar-refractivity contribution in [2.75, 3.05) is 43.6 Å². The Morgan fingerprint density at radius 3 is 2.27 bits per heavy atom. The quantitative estimate of drug-likeness (QED) is 0.455. The van der Waals surface area contributed by atoms with Crippen molar-refractivity contribution in [2.24, 2.45) is 0 Å². The van der Waals surface area contributed by atoms with E-state index in [9.17, 15) is 14.4 Å². The molecule has 2 fully saturated rings. The molecule has 2 aliphatic rings. The van der Waals surface area contributed by atoms with Crippen molar-refractivity contribution in [2.45, 2.75) is 37.6 Å². The molecule has 1 N–H and O–H groups in total. The largest absolute Gasteiger partial charge is 0.497 e. The molecule has 8 nitrogen and oxygen atoms in total. The second-order valence-corrected chi connectivity index (χ2v) is 10.4. The zero-order valence-corrected chi connectivity index (χ0v) is 23.1. The number of amides is 3. The molecule has 3 aromatic rings. The van der Waals surface area contributed by atoms with Gasteiger partial charge in [0.25, 0.3) is 5.91 Å². The number of hydrogen-bond donors (Lipinski definition) is 1. The van der Waals surface area contributed by atoms with Crippen LogP contribution in [0.15, 0.2) is 84.9 Å². The standard InChI is InChI=1S/C32H36N4O4/c1-3-28(24-11-6-4-7-12-24)30(38)34-19-17-32(18-20-34)31(39)35(23-36(32)26-14-8-5-9-15-26)22-29(37)33-25-13-10-16-27(21-25)40-2/h4-16,21,28H,3,17-20,22-23H2,1-2H3,(H,33,37). The summed E-state index contributed by atoms with van der Waals surface area (Å²) in [5.74, 6) is 0.210. The van der Waals surface area contributed by atoms with Crippen LogP contribution in [0.1, 0.15) is 37.7 Å². The Morgan fingerprint density at radius 2 is 1.62 bits per heavy atom. The molecule has 2 aliphatic heterocycles. The SMILES string of the molecule is CCC(C(=O)N1CCC2(CC1)C(=O)N(CC(=O)Nc1cccc(OC)c1)CN2c1ccccc1)c1ccccc1. The van der Waals surface area contributed by atoms with E-state index >= 15 is 0 Å². The van der Waals surface area contributed by atoms with E-state index in [-0.39, 0.29) is 30.2 Å². The Bertz CT molecular complexity index is 1340. The lowest BCUT2D eigenvalue weighted by atomic mass is 9.84. The summed E-state index contributed by atoms with van der Waals surface area (Å²) in [7, 11) is 1.57. The minimum Gasteiger partial charge on any atom is -0.497 e. The number of carbonyl (C=O) groups excluding carboxylic acids is 3. The van der Waals surface area contributed by atoms with Gasteiger partial charge in [-0.1, -0.05) is 61.5 Å². The van der Waals surface area contributed by atoms with Gasteiger partial charge in [0, 0.05) is 30.5 Å². The highest BCUT2D eigenvalue weighted by Gasteiger charge is 2.54. The topological polar surface area (TPSA) is 82.2 Å². The number of ether oxygens (including phenoxy) is 1. The molecular weight excluding hydrogens is 504 g/mol. The van der Waals surface area contributed by atoms with Gasteiger partial charge in [0.2, 0.25) is 11.8 Å². The van der Waals surface area contributed by atoms with Crippen molar-refractivity contribution in [3.05, 3.63) is 90.5 Å². The second kappa shape index (κ2) is 11.8. The summed E-state index contributed by atoms with van der Waals surface area (Å²) in [5, 5.41) is 2.88. The number of benzene rings is 3. The van der Waals surface area contributed by atoms with Crippen LogP contribution in [0.3, 0.4) is 0 Å². The Kier molecular flexibility index (Phi) is 8.05.